The van der Waals surface area contributed by atoms with E-state index in [2.05, 4.69) is 22.9 Å². The Morgan fingerprint density at radius 1 is 0.774 bits per heavy atom. The Labute approximate surface area is 194 Å². The summed E-state index contributed by atoms with van der Waals surface area (Å²) < 4.78 is 0. The molecule has 5 nitrogen and oxygen atoms in total. The van der Waals surface area contributed by atoms with Crippen molar-refractivity contribution in [2.75, 3.05) is 11.9 Å². The van der Waals surface area contributed by atoms with Gasteiger partial charge in [0, 0.05) is 24.2 Å². The van der Waals surface area contributed by atoms with E-state index in [1.807, 2.05) is 6.92 Å². The van der Waals surface area contributed by atoms with Crippen molar-refractivity contribution in [2.24, 2.45) is 0 Å². The Kier molecular flexibility index (Phi) is 15.5. The highest BCUT2D eigenvalue weighted by atomic mass is 32.1. The molecule has 0 heterocycles. The van der Waals surface area contributed by atoms with Crippen LogP contribution >= 0.6 is 12.2 Å². The van der Waals surface area contributed by atoms with Gasteiger partial charge in [-0.15, -0.1) is 0 Å². The number of unbranched alkanes of at least 4 members (excludes halogenated alkanes) is 10. The van der Waals surface area contributed by atoms with Crippen LogP contribution in [0.4, 0.5) is 5.69 Å². The summed E-state index contributed by atoms with van der Waals surface area (Å²) in [4.78, 5) is 24.0. The number of anilines is 1. The third-order valence-electron chi connectivity index (χ3n) is 5.20. The summed E-state index contributed by atoms with van der Waals surface area (Å²) in [5, 5.41) is 8.85. The lowest BCUT2D eigenvalue weighted by atomic mass is 10.1. The summed E-state index contributed by atoms with van der Waals surface area (Å²) in [5.41, 5.74) is 1.34. The first-order valence-corrected chi connectivity index (χ1v) is 12.5. The van der Waals surface area contributed by atoms with Crippen molar-refractivity contribution in [3.05, 3.63) is 29.8 Å². The van der Waals surface area contributed by atoms with E-state index in [9.17, 15) is 9.59 Å². The van der Waals surface area contributed by atoms with E-state index in [0.717, 1.165) is 24.9 Å². The van der Waals surface area contributed by atoms with E-state index >= 15 is 0 Å². The summed E-state index contributed by atoms with van der Waals surface area (Å²) in [5.74, 6) is -0.139. The Morgan fingerprint density at radius 2 is 1.32 bits per heavy atom. The monoisotopic (exact) mass is 447 g/mol. The van der Waals surface area contributed by atoms with Crippen LogP contribution in [0.5, 0.6) is 0 Å². The number of carbonyl (C=O) groups is 2. The molecule has 174 valence electrons. The highest BCUT2D eigenvalue weighted by Crippen LogP contribution is 2.12. The molecule has 31 heavy (non-hydrogen) atoms. The zero-order valence-electron chi connectivity index (χ0n) is 19.4. The molecule has 0 aromatic heterocycles. The minimum absolute atomic E-state index is 0.0519. The molecule has 0 aliphatic rings. The van der Waals surface area contributed by atoms with Crippen LogP contribution in [0.15, 0.2) is 24.3 Å². The molecule has 0 radical (unpaired) electrons. The molecule has 0 spiro atoms. The Morgan fingerprint density at radius 3 is 1.87 bits per heavy atom. The van der Waals surface area contributed by atoms with Crippen LogP contribution in [0.3, 0.4) is 0 Å². The second kappa shape index (κ2) is 17.7. The zero-order chi connectivity index (χ0) is 22.7. The molecular formula is C25H41N3O2S. The number of hydrogen-bond donors (Lipinski definition) is 3. The topological polar surface area (TPSA) is 70.2 Å². The fraction of sp³-hybridized carbons (Fsp3) is 0.640. The van der Waals surface area contributed by atoms with Crippen molar-refractivity contribution in [3.8, 4) is 0 Å². The number of thiocarbonyl (C=S) groups is 1. The van der Waals surface area contributed by atoms with E-state index in [4.69, 9.17) is 12.2 Å². The molecule has 0 saturated carbocycles. The average molecular weight is 448 g/mol. The third kappa shape index (κ3) is 13.9. The van der Waals surface area contributed by atoms with Crippen molar-refractivity contribution in [3.63, 3.8) is 0 Å². The first-order valence-electron chi connectivity index (χ1n) is 12.1. The molecule has 0 fully saturated rings. The predicted octanol–water partition coefficient (Wildman–Crippen LogP) is 6.34. The summed E-state index contributed by atoms with van der Waals surface area (Å²) in [7, 11) is 0. The summed E-state index contributed by atoms with van der Waals surface area (Å²) >= 11 is 5.22. The average Bonchev–Trinajstić information content (AvgIpc) is 2.76. The molecule has 0 bridgehead atoms. The molecule has 2 amide bonds. The SMILES string of the molecule is CCCCCCCCCCCCCC(=O)NC(=S)Nc1ccc(C(=O)NCCC)cc1. The van der Waals surface area contributed by atoms with Gasteiger partial charge in [-0.3, -0.25) is 9.59 Å². The second-order valence-corrected chi connectivity index (χ2v) is 8.53. The molecule has 3 N–H and O–H groups in total. The third-order valence-corrected chi connectivity index (χ3v) is 5.40. The van der Waals surface area contributed by atoms with Gasteiger partial charge in [0.25, 0.3) is 5.91 Å². The summed E-state index contributed by atoms with van der Waals surface area (Å²) in [6.45, 7) is 4.92. The molecular weight excluding hydrogens is 406 g/mol. The van der Waals surface area contributed by atoms with Crippen LogP contribution in [-0.2, 0) is 4.79 Å². The molecule has 0 aliphatic carbocycles. The minimum atomic E-state index is -0.0868. The quantitative estimate of drug-likeness (QED) is 0.204. The maximum absolute atomic E-state index is 12.1. The second-order valence-electron chi connectivity index (χ2n) is 8.12. The number of carbonyl (C=O) groups excluding carboxylic acids is 2. The van der Waals surface area contributed by atoms with E-state index in [-0.39, 0.29) is 16.9 Å². The van der Waals surface area contributed by atoms with Gasteiger partial charge in [0.1, 0.15) is 0 Å². The lowest BCUT2D eigenvalue weighted by Crippen LogP contribution is -2.33. The van der Waals surface area contributed by atoms with Crippen LogP contribution in [0.2, 0.25) is 0 Å². The van der Waals surface area contributed by atoms with Gasteiger partial charge in [0.2, 0.25) is 5.91 Å². The van der Waals surface area contributed by atoms with Crippen LogP contribution < -0.4 is 16.0 Å². The number of hydrogen-bond acceptors (Lipinski definition) is 3. The first-order chi connectivity index (χ1) is 15.1. The van der Waals surface area contributed by atoms with Crippen LogP contribution in [0.1, 0.15) is 108 Å². The molecule has 1 aromatic rings. The standard InChI is InChI=1S/C25H41N3O2S/c1-3-5-6-7-8-9-10-11-12-13-14-15-23(29)28-25(31)27-22-18-16-21(17-19-22)24(30)26-20-4-2/h16-19H,3-15,20H2,1-2H3,(H,26,30)(H2,27,28,29,31). The van der Waals surface area contributed by atoms with E-state index in [1.165, 1.54) is 57.8 Å². The number of amides is 2. The van der Waals surface area contributed by atoms with Gasteiger partial charge in [0.15, 0.2) is 5.11 Å². The number of rotatable bonds is 16. The number of nitrogens with one attached hydrogen (secondary N) is 3. The predicted molar refractivity (Wildman–Crippen MR) is 135 cm³/mol. The van der Waals surface area contributed by atoms with Crippen molar-refractivity contribution >= 4 is 34.8 Å². The van der Waals surface area contributed by atoms with Gasteiger partial charge in [-0.1, -0.05) is 78.1 Å². The Balaban J connectivity index is 2.10. The zero-order valence-corrected chi connectivity index (χ0v) is 20.3. The van der Waals surface area contributed by atoms with Gasteiger partial charge in [0.05, 0.1) is 0 Å². The normalized spacial score (nSPS) is 10.5. The summed E-state index contributed by atoms with van der Waals surface area (Å²) in [6.07, 6.45) is 15.3. The minimum Gasteiger partial charge on any atom is -0.352 e. The van der Waals surface area contributed by atoms with Gasteiger partial charge >= 0.3 is 0 Å². The molecule has 1 aromatic carbocycles. The maximum atomic E-state index is 12.1. The van der Waals surface area contributed by atoms with E-state index < -0.39 is 0 Å². The van der Waals surface area contributed by atoms with Crippen molar-refractivity contribution in [1.82, 2.24) is 10.6 Å². The maximum Gasteiger partial charge on any atom is 0.251 e. The molecule has 0 saturated heterocycles. The Hall–Kier alpha value is -1.95. The van der Waals surface area contributed by atoms with Gasteiger partial charge in [-0.05, 0) is 49.3 Å². The van der Waals surface area contributed by atoms with E-state index in [0.29, 0.717) is 18.5 Å². The summed E-state index contributed by atoms with van der Waals surface area (Å²) in [6, 6.07) is 7.04. The largest absolute Gasteiger partial charge is 0.352 e. The van der Waals surface area contributed by atoms with Crippen LogP contribution in [-0.4, -0.2) is 23.5 Å². The smallest absolute Gasteiger partial charge is 0.251 e. The lowest BCUT2D eigenvalue weighted by molar-refractivity contribution is -0.119. The van der Waals surface area contributed by atoms with Crippen molar-refractivity contribution in [2.45, 2.75) is 97.3 Å². The highest BCUT2D eigenvalue weighted by molar-refractivity contribution is 7.80. The first kappa shape index (κ1) is 27.1. The lowest BCUT2D eigenvalue weighted by Gasteiger charge is -2.10. The molecule has 0 unspecified atom stereocenters. The van der Waals surface area contributed by atoms with Gasteiger partial charge in [-0.25, -0.2) is 0 Å². The fourth-order valence-electron chi connectivity index (χ4n) is 3.35. The van der Waals surface area contributed by atoms with Gasteiger partial charge < -0.3 is 16.0 Å². The number of benzene rings is 1. The Bertz CT molecular complexity index is 647. The fourth-order valence-corrected chi connectivity index (χ4v) is 3.58. The van der Waals surface area contributed by atoms with Crippen LogP contribution in [0.25, 0.3) is 0 Å². The van der Waals surface area contributed by atoms with Crippen LogP contribution in [0, 0.1) is 0 Å². The highest BCUT2D eigenvalue weighted by Gasteiger charge is 2.07. The molecule has 6 heteroatoms. The van der Waals surface area contributed by atoms with E-state index in [1.54, 1.807) is 24.3 Å². The molecule has 0 atom stereocenters. The van der Waals surface area contributed by atoms with Crippen molar-refractivity contribution in [1.29, 1.82) is 0 Å². The van der Waals surface area contributed by atoms with Gasteiger partial charge in [-0.2, -0.15) is 0 Å². The molecule has 0 aliphatic heterocycles. The molecule has 1 rings (SSSR count). The van der Waals surface area contributed by atoms with Crippen molar-refractivity contribution < 1.29 is 9.59 Å².